The SMILES string of the molecule is CCn1c(=O)sc2cc(NC(=O)C3CN(S(=O)(=O)Cc4ccccc4)c4ccccc4O3)ccc21. The minimum absolute atomic E-state index is 0.0579. The van der Waals surface area contributed by atoms with Crippen LogP contribution in [0.5, 0.6) is 5.75 Å². The fraction of sp³-hybridized carbons (Fsp3) is 0.200. The lowest BCUT2D eigenvalue weighted by atomic mass is 10.2. The average molecular weight is 510 g/mol. The van der Waals surface area contributed by atoms with Crippen molar-refractivity contribution in [2.45, 2.75) is 25.3 Å². The molecule has 1 atom stereocenters. The summed E-state index contributed by atoms with van der Waals surface area (Å²) >= 11 is 1.11. The number of para-hydroxylation sites is 2. The molecule has 0 radical (unpaired) electrons. The molecule has 3 aromatic carbocycles. The molecule has 35 heavy (non-hydrogen) atoms. The van der Waals surface area contributed by atoms with E-state index < -0.39 is 22.0 Å². The third-order valence-corrected chi connectivity index (χ3v) is 8.46. The predicted molar refractivity (Wildman–Crippen MR) is 138 cm³/mol. The van der Waals surface area contributed by atoms with Crippen molar-refractivity contribution in [3.63, 3.8) is 0 Å². The van der Waals surface area contributed by atoms with Gasteiger partial charge in [-0.15, -0.1) is 0 Å². The second-order valence-corrected chi connectivity index (χ2v) is 11.0. The van der Waals surface area contributed by atoms with E-state index in [9.17, 15) is 18.0 Å². The molecular weight excluding hydrogens is 486 g/mol. The molecule has 10 heteroatoms. The van der Waals surface area contributed by atoms with Gasteiger partial charge in [0.25, 0.3) is 5.91 Å². The fourth-order valence-corrected chi connectivity index (χ4v) is 6.71. The first-order valence-corrected chi connectivity index (χ1v) is 13.5. The van der Waals surface area contributed by atoms with Gasteiger partial charge >= 0.3 is 4.87 Å². The van der Waals surface area contributed by atoms with Crippen LogP contribution in [0.3, 0.4) is 0 Å². The molecule has 0 spiro atoms. The summed E-state index contributed by atoms with van der Waals surface area (Å²) < 4.78 is 36.3. The number of aromatic nitrogens is 1. The van der Waals surface area contributed by atoms with Crippen molar-refractivity contribution >= 4 is 48.9 Å². The van der Waals surface area contributed by atoms with Crippen LogP contribution in [0.25, 0.3) is 10.2 Å². The zero-order valence-corrected chi connectivity index (χ0v) is 20.5. The molecule has 1 amide bonds. The molecule has 180 valence electrons. The molecule has 8 nitrogen and oxygen atoms in total. The predicted octanol–water partition coefficient (Wildman–Crippen LogP) is 3.82. The van der Waals surface area contributed by atoms with Crippen LogP contribution in [0.2, 0.25) is 0 Å². The summed E-state index contributed by atoms with van der Waals surface area (Å²) in [5.41, 5.74) is 2.37. The molecule has 5 rings (SSSR count). The molecule has 0 saturated heterocycles. The Labute approximate surface area is 206 Å². The van der Waals surface area contributed by atoms with Gasteiger partial charge in [-0.2, -0.15) is 0 Å². The number of ether oxygens (including phenoxy) is 1. The second kappa shape index (κ2) is 9.20. The number of carbonyl (C=O) groups excluding carboxylic acids is 1. The first kappa shape index (κ1) is 23.1. The number of aryl methyl sites for hydroxylation is 1. The molecule has 1 unspecified atom stereocenters. The van der Waals surface area contributed by atoms with Gasteiger partial charge in [0, 0.05) is 12.2 Å². The van der Waals surface area contributed by atoms with Crippen molar-refractivity contribution in [2.75, 3.05) is 16.2 Å². The van der Waals surface area contributed by atoms with Crippen molar-refractivity contribution < 1.29 is 17.9 Å². The van der Waals surface area contributed by atoms with Gasteiger partial charge in [0.1, 0.15) is 5.75 Å². The van der Waals surface area contributed by atoms with E-state index in [1.165, 1.54) is 4.31 Å². The number of nitrogens with zero attached hydrogens (tertiary/aromatic N) is 2. The van der Waals surface area contributed by atoms with Gasteiger partial charge in [-0.1, -0.05) is 53.8 Å². The lowest BCUT2D eigenvalue weighted by Gasteiger charge is -2.34. The van der Waals surface area contributed by atoms with E-state index in [1.54, 1.807) is 71.3 Å². The van der Waals surface area contributed by atoms with E-state index in [0.717, 1.165) is 21.6 Å². The summed E-state index contributed by atoms with van der Waals surface area (Å²) in [6.07, 6.45) is -1.05. The molecule has 4 aromatic rings. The van der Waals surface area contributed by atoms with Gasteiger partial charge in [-0.3, -0.25) is 18.5 Å². The largest absolute Gasteiger partial charge is 0.476 e. The monoisotopic (exact) mass is 509 g/mol. The summed E-state index contributed by atoms with van der Waals surface area (Å²) in [6, 6.07) is 20.9. The summed E-state index contributed by atoms with van der Waals surface area (Å²) in [7, 11) is -3.79. The van der Waals surface area contributed by atoms with Crippen LogP contribution in [-0.4, -0.2) is 31.5 Å². The number of thiazole rings is 1. The number of carbonyl (C=O) groups is 1. The van der Waals surface area contributed by atoms with Crippen molar-refractivity contribution in [3.8, 4) is 5.75 Å². The molecule has 1 aliphatic rings. The van der Waals surface area contributed by atoms with Crippen molar-refractivity contribution in [2.24, 2.45) is 0 Å². The number of anilines is 2. The summed E-state index contributed by atoms with van der Waals surface area (Å²) in [5, 5.41) is 2.81. The molecule has 0 saturated carbocycles. The number of nitrogens with one attached hydrogen (secondary N) is 1. The van der Waals surface area contributed by atoms with E-state index in [-0.39, 0.29) is 17.2 Å². The third kappa shape index (κ3) is 4.54. The highest BCUT2D eigenvalue weighted by Crippen LogP contribution is 2.36. The van der Waals surface area contributed by atoms with Crippen LogP contribution in [0, 0.1) is 0 Å². The van der Waals surface area contributed by atoms with Crippen molar-refractivity contribution in [1.82, 2.24) is 4.57 Å². The number of fused-ring (bicyclic) bond motifs is 2. The van der Waals surface area contributed by atoms with Crippen LogP contribution >= 0.6 is 11.3 Å². The molecule has 2 heterocycles. The highest BCUT2D eigenvalue weighted by molar-refractivity contribution is 7.92. The number of sulfonamides is 1. The van der Waals surface area contributed by atoms with E-state index in [2.05, 4.69) is 5.32 Å². The van der Waals surface area contributed by atoms with Gasteiger partial charge in [-0.25, -0.2) is 8.42 Å². The number of hydrogen-bond acceptors (Lipinski definition) is 6. The summed E-state index contributed by atoms with van der Waals surface area (Å²) in [4.78, 5) is 25.2. The first-order valence-electron chi connectivity index (χ1n) is 11.1. The second-order valence-electron chi connectivity index (χ2n) is 8.13. The Morgan fingerprint density at radius 1 is 1.09 bits per heavy atom. The number of amides is 1. The van der Waals surface area contributed by atoms with Crippen LogP contribution in [0.4, 0.5) is 11.4 Å². The maximum Gasteiger partial charge on any atom is 0.308 e. The quantitative estimate of drug-likeness (QED) is 0.426. The molecule has 1 N–H and O–H groups in total. The zero-order valence-electron chi connectivity index (χ0n) is 18.9. The Kier molecular flexibility index (Phi) is 6.08. The molecule has 0 bridgehead atoms. The Bertz CT molecular complexity index is 1560. The average Bonchev–Trinajstić information content (AvgIpc) is 3.17. The first-order chi connectivity index (χ1) is 16.9. The van der Waals surface area contributed by atoms with Gasteiger partial charge in [0.2, 0.25) is 10.0 Å². The fourth-order valence-electron chi connectivity index (χ4n) is 4.13. The minimum Gasteiger partial charge on any atom is -0.476 e. The summed E-state index contributed by atoms with van der Waals surface area (Å²) in [6.45, 7) is 2.31. The maximum atomic E-state index is 13.4. The lowest BCUT2D eigenvalue weighted by Crippen LogP contribution is -2.49. The van der Waals surface area contributed by atoms with Crippen molar-refractivity contribution in [1.29, 1.82) is 0 Å². The Balaban J connectivity index is 1.41. The van der Waals surface area contributed by atoms with Crippen LogP contribution in [0.15, 0.2) is 77.6 Å². The van der Waals surface area contributed by atoms with Gasteiger partial charge in [0.15, 0.2) is 6.10 Å². The van der Waals surface area contributed by atoms with Gasteiger partial charge < -0.3 is 10.1 Å². The van der Waals surface area contributed by atoms with Crippen LogP contribution in [-0.2, 0) is 27.1 Å². The molecule has 0 aliphatic carbocycles. The third-order valence-electron chi connectivity index (χ3n) is 5.81. The molecular formula is C25H23N3O5S2. The van der Waals surface area contributed by atoms with Gasteiger partial charge in [-0.05, 0) is 42.8 Å². The lowest BCUT2D eigenvalue weighted by molar-refractivity contribution is -0.122. The van der Waals surface area contributed by atoms with Crippen LogP contribution in [0.1, 0.15) is 12.5 Å². The molecule has 1 aromatic heterocycles. The van der Waals surface area contributed by atoms with E-state index in [0.29, 0.717) is 29.2 Å². The smallest absolute Gasteiger partial charge is 0.308 e. The normalized spacial score (nSPS) is 15.5. The standard InChI is InChI=1S/C25H23N3O5S2/c1-2-27-20-13-12-18(14-23(20)34-25(27)30)26-24(29)22-15-28(19-10-6-7-11-21(19)33-22)35(31,32)16-17-8-4-3-5-9-17/h3-14,22H,2,15-16H2,1H3,(H,26,29). The highest BCUT2D eigenvalue weighted by Gasteiger charge is 2.36. The topological polar surface area (TPSA) is 97.7 Å². The number of benzene rings is 3. The molecule has 1 aliphatic heterocycles. The van der Waals surface area contributed by atoms with E-state index in [1.807, 2.05) is 13.0 Å². The van der Waals surface area contributed by atoms with E-state index in [4.69, 9.17) is 4.74 Å². The van der Waals surface area contributed by atoms with E-state index >= 15 is 0 Å². The Hall–Kier alpha value is -3.63. The Morgan fingerprint density at radius 2 is 1.83 bits per heavy atom. The summed E-state index contributed by atoms with van der Waals surface area (Å²) in [5.74, 6) is -0.342. The Morgan fingerprint density at radius 3 is 2.60 bits per heavy atom. The van der Waals surface area contributed by atoms with Crippen LogP contribution < -0.4 is 19.2 Å². The number of hydrogen-bond donors (Lipinski definition) is 1. The molecule has 0 fully saturated rings. The van der Waals surface area contributed by atoms with Gasteiger partial charge in [0.05, 0.1) is 28.2 Å². The zero-order chi connectivity index (χ0) is 24.6. The minimum atomic E-state index is -3.79. The number of rotatable bonds is 6. The maximum absolute atomic E-state index is 13.4. The highest BCUT2D eigenvalue weighted by atomic mass is 32.2. The van der Waals surface area contributed by atoms with Crippen molar-refractivity contribution in [3.05, 3.63) is 88.0 Å².